The first-order valence-electron chi connectivity index (χ1n) is 4.48. The summed E-state index contributed by atoms with van der Waals surface area (Å²) in [6.07, 6.45) is -2.49. The van der Waals surface area contributed by atoms with Gasteiger partial charge in [-0.05, 0) is 6.42 Å². The Morgan fingerprint density at radius 2 is 2.15 bits per heavy atom. The van der Waals surface area contributed by atoms with E-state index in [9.17, 15) is 13.2 Å². The predicted octanol–water partition coefficient (Wildman–Crippen LogP) is 1.36. The second kappa shape index (κ2) is 3.98. The van der Waals surface area contributed by atoms with Crippen LogP contribution in [0.25, 0.3) is 0 Å². The molecule has 0 amide bonds. The Morgan fingerprint density at radius 1 is 1.46 bits per heavy atom. The summed E-state index contributed by atoms with van der Waals surface area (Å²) >= 11 is 0. The second-order valence-electron chi connectivity index (χ2n) is 3.11. The summed E-state index contributed by atoms with van der Waals surface area (Å²) in [4.78, 5) is 0. The van der Waals surface area contributed by atoms with Crippen molar-refractivity contribution < 1.29 is 17.7 Å². The minimum atomic E-state index is -4.22. The summed E-state index contributed by atoms with van der Waals surface area (Å²) in [6.45, 7) is 3.34. The first-order valence-corrected chi connectivity index (χ1v) is 4.48. The normalized spacial score (nSPS) is 17.8. The number of unbranched alkanes of at least 4 members (excludes halogenated alkanes) is 1. The third-order valence-corrected chi connectivity index (χ3v) is 2.04. The Morgan fingerprint density at radius 3 is 2.69 bits per heavy atom. The molecule has 1 heterocycles. The van der Waals surface area contributed by atoms with Crippen LogP contribution < -0.4 is 5.32 Å². The van der Waals surface area contributed by atoms with E-state index in [2.05, 4.69) is 5.32 Å². The smallest absolute Gasteiger partial charge is 0.266 e. The Hall–Kier alpha value is -0.740. The van der Waals surface area contributed by atoms with E-state index in [4.69, 9.17) is 0 Å². The zero-order valence-corrected chi connectivity index (χ0v) is 7.62. The molecule has 0 spiro atoms. The first kappa shape index (κ1) is 10.3. The van der Waals surface area contributed by atoms with Crippen molar-refractivity contribution in [2.45, 2.75) is 25.9 Å². The van der Waals surface area contributed by atoms with Crippen molar-refractivity contribution in [3.8, 4) is 0 Å². The summed E-state index contributed by atoms with van der Waals surface area (Å²) in [5.74, 6) is -0.569. The Balaban J connectivity index is 2.66. The minimum Gasteiger partial charge on any atom is -0.266 e. The molecule has 1 N–H and O–H groups in total. The molecule has 0 aliphatic carbocycles. The van der Waals surface area contributed by atoms with Crippen LogP contribution in [0.15, 0.2) is 0 Å². The molecule has 0 fully saturated rings. The Labute approximate surface area is 75.4 Å². The standard InChI is InChI=1S/C8H13F3N2/c1-2-3-5-13-6-4-12-7(13)8(9,10)11/h2-6H2,1H3/p+1. The van der Waals surface area contributed by atoms with E-state index in [0.717, 1.165) is 12.8 Å². The summed E-state index contributed by atoms with van der Waals surface area (Å²) in [7, 11) is 0. The van der Waals surface area contributed by atoms with Crippen LogP contribution in [0.3, 0.4) is 0 Å². The highest BCUT2D eigenvalue weighted by atomic mass is 19.4. The lowest BCUT2D eigenvalue weighted by molar-refractivity contribution is -0.525. The molecule has 2 nitrogen and oxygen atoms in total. The van der Waals surface area contributed by atoms with Gasteiger partial charge in [0.1, 0.15) is 13.1 Å². The van der Waals surface area contributed by atoms with Crippen LogP contribution in [0, 0.1) is 0 Å². The average Bonchev–Trinajstić information content (AvgIpc) is 2.47. The van der Waals surface area contributed by atoms with E-state index in [1.807, 2.05) is 6.92 Å². The summed E-state index contributed by atoms with van der Waals surface area (Å²) in [6, 6.07) is 0. The molecule has 76 valence electrons. The topological polar surface area (TPSA) is 15.0 Å². The molecular formula is C8H14F3N2+. The molecule has 0 aromatic heterocycles. The lowest BCUT2D eigenvalue weighted by atomic mass is 10.3. The second-order valence-corrected chi connectivity index (χ2v) is 3.11. The molecule has 0 bridgehead atoms. The van der Waals surface area contributed by atoms with Gasteiger partial charge in [0.2, 0.25) is 0 Å². The zero-order valence-electron chi connectivity index (χ0n) is 7.62. The molecule has 1 aliphatic heterocycles. The molecule has 0 atom stereocenters. The summed E-state index contributed by atoms with van der Waals surface area (Å²) < 4.78 is 38.3. The van der Waals surface area contributed by atoms with E-state index in [1.165, 1.54) is 4.58 Å². The van der Waals surface area contributed by atoms with Gasteiger partial charge in [0, 0.05) is 0 Å². The van der Waals surface area contributed by atoms with Crippen LogP contribution in [0.5, 0.6) is 0 Å². The highest BCUT2D eigenvalue weighted by Crippen LogP contribution is 2.17. The SMILES string of the molecule is CCCC[N+]1=C(C(F)(F)F)NCC1. The highest BCUT2D eigenvalue weighted by molar-refractivity contribution is 5.83. The quantitative estimate of drug-likeness (QED) is 0.672. The van der Waals surface area contributed by atoms with Crippen LogP contribution >= 0.6 is 0 Å². The Kier molecular flexibility index (Phi) is 3.17. The third-order valence-electron chi connectivity index (χ3n) is 2.04. The monoisotopic (exact) mass is 195 g/mol. The van der Waals surface area contributed by atoms with Gasteiger partial charge in [-0.3, -0.25) is 9.89 Å². The van der Waals surface area contributed by atoms with E-state index in [-0.39, 0.29) is 0 Å². The highest BCUT2D eigenvalue weighted by Gasteiger charge is 2.46. The number of halogens is 3. The molecule has 0 saturated carbocycles. The molecule has 1 aliphatic rings. The van der Waals surface area contributed by atoms with Gasteiger partial charge in [-0.25, -0.2) is 0 Å². The molecule has 0 aromatic rings. The third kappa shape index (κ3) is 2.60. The number of nitrogens with zero attached hydrogens (tertiary/aromatic N) is 1. The first-order chi connectivity index (χ1) is 6.05. The fraction of sp³-hybridized carbons (Fsp3) is 0.875. The zero-order chi connectivity index (χ0) is 9.90. The van der Waals surface area contributed by atoms with Gasteiger partial charge in [-0.1, -0.05) is 13.3 Å². The Bertz CT molecular complexity index is 208. The van der Waals surface area contributed by atoms with Crippen LogP contribution in [-0.2, 0) is 0 Å². The van der Waals surface area contributed by atoms with Crippen molar-refractivity contribution >= 4 is 5.84 Å². The molecule has 1 rings (SSSR count). The fourth-order valence-corrected chi connectivity index (χ4v) is 1.38. The predicted molar refractivity (Wildman–Crippen MR) is 44.0 cm³/mol. The van der Waals surface area contributed by atoms with Crippen LogP contribution in [0.2, 0.25) is 0 Å². The number of rotatable bonds is 3. The van der Waals surface area contributed by atoms with Crippen molar-refractivity contribution in [1.29, 1.82) is 0 Å². The maximum absolute atomic E-state index is 12.3. The molecule has 0 unspecified atom stereocenters. The number of hydrogen-bond donors (Lipinski definition) is 1. The van der Waals surface area contributed by atoms with Crippen molar-refractivity contribution in [3.63, 3.8) is 0 Å². The molecule has 5 heteroatoms. The van der Waals surface area contributed by atoms with Gasteiger partial charge in [-0.2, -0.15) is 13.2 Å². The van der Waals surface area contributed by atoms with Crippen molar-refractivity contribution in [2.75, 3.05) is 19.6 Å². The largest absolute Gasteiger partial charge is 0.494 e. The van der Waals surface area contributed by atoms with Crippen molar-refractivity contribution in [2.24, 2.45) is 0 Å². The maximum Gasteiger partial charge on any atom is 0.494 e. The van der Waals surface area contributed by atoms with Gasteiger partial charge in [0.25, 0.3) is 0 Å². The van der Waals surface area contributed by atoms with Gasteiger partial charge in [0.05, 0.1) is 6.54 Å². The fourth-order valence-electron chi connectivity index (χ4n) is 1.38. The van der Waals surface area contributed by atoms with Crippen LogP contribution in [0.1, 0.15) is 19.8 Å². The number of nitrogens with one attached hydrogen (secondary N) is 1. The van der Waals surface area contributed by atoms with E-state index < -0.39 is 12.0 Å². The summed E-state index contributed by atoms with van der Waals surface area (Å²) in [5, 5.41) is 2.37. The maximum atomic E-state index is 12.3. The average molecular weight is 195 g/mol. The van der Waals surface area contributed by atoms with Crippen LogP contribution in [-0.4, -0.2) is 36.2 Å². The number of hydrogen-bond acceptors (Lipinski definition) is 1. The van der Waals surface area contributed by atoms with E-state index in [1.54, 1.807) is 0 Å². The van der Waals surface area contributed by atoms with Crippen LogP contribution in [0.4, 0.5) is 13.2 Å². The molecule has 0 saturated heterocycles. The number of alkyl halides is 3. The van der Waals surface area contributed by atoms with E-state index in [0.29, 0.717) is 19.6 Å². The molecule has 0 radical (unpaired) electrons. The lowest BCUT2D eigenvalue weighted by Gasteiger charge is -2.05. The van der Waals surface area contributed by atoms with Gasteiger partial charge >= 0.3 is 12.0 Å². The van der Waals surface area contributed by atoms with Gasteiger partial charge in [-0.15, -0.1) is 0 Å². The van der Waals surface area contributed by atoms with Crippen molar-refractivity contribution in [1.82, 2.24) is 5.32 Å². The molecule has 0 aromatic carbocycles. The summed E-state index contributed by atoms with van der Waals surface area (Å²) in [5.41, 5.74) is 0. The molecular weight excluding hydrogens is 181 g/mol. The number of amidine groups is 1. The molecule has 13 heavy (non-hydrogen) atoms. The van der Waals surface area contributed by atoms with Gasteiger partial charge < -0.3 is 0 Å². The van der Waals surface area contributed by atoms with Crippen molar-refractivity contribution in [3.05, 3.63) is 0 Å². The van der Waals surface area contributed by atoms with E-state index >= 15 is 0 Å². The minimum absolute atomic E-state index is 0.401. The van der Waals surface area contributed by atoms with Gasteiger partial charge in [0.15, 0.2) is 0 Å². The lowest BCUT2D eigenvalue weighted by Crippen LogP contribution is -2.38.